The minimum Gasteiger partial charge on any atom is -0.461 e. The molecule has 0 aromatic carbocycles. The Hall–Kier alpha value is -1.29. The molecule has 0 aliphatic rings. The van der Waals surface area contributed by atoms with E-state index in [1.54, 1.807) is 0 Å². The molecule has 0 saturated carbocycles. The molecule has 0 spiro atoms. The summed E-state index contributed by atoms with van der Waals surface area (Å²) in [6.07, 6.45) is 0.823. The number of imidazole rings is 1. The fraction of sp³-hybridized carbons (Fsp3) is 0.273. The van der Waals surface area contributed by atoms with Crippen LogP contribution in [0, 0.1) is 5.82 Å². The number of hydrogen-bond acceptors (Lipinski definition) is 4. The summed E-state index contributed by atoms with van der Waals surface area (Å²) in [5.74, 6) is -1.77. The van der Waals surface area contributed by atoms with Crippen molar-refractivity contribution in [1.29, 1.82) is 0 Å². The molecule has 0 bridgehead atoms. The molecule has 0 saturated heterocycles. The monoisotopic (exact) mass is 386 g/mol. The van der Waals surface area contributed by atoms with Crippen molar-refractivity contribution in [2.45, 2.75) is 17.5 Å². The highest BCUT2D eigenvalue weighted by molar-refractivity contribution is 9.10. The van der Waals surface area contributed by atoms with Crippen LogP contribution < -0.4 is 0 Å². The number of esters is 1. The number of halogens is 5. The predicted octanol–water partition coefficient (Wildman–Crippen LogP) is 4.02. The van der Waals surface area contributed by atoms with E-state index in [1.165, 1.54) is 6.92 Å². The summed E-state index contributed by atoms with van der Waals surface area (Å²) in [4.78, 5) is 15.5. The number of aromatic nitrogens is 2. The highest BCUT2D eigenvalue weighted by Crippen LogP contribution is 2.40. The summed E-state index contributed by atoms with van der Waals surface area (Å²) in [6, 6.07) is 1.04. The van der Waals surface area contributed by atoms with Gasteiger partial charge >= 0.3 is 11.5 Å². The van der Waals surface area contributed by atoms with Gasteiger partial charge in [-0.25, -0.2) is 14.2 Å². The molecule has 4 nitrogen and oxygen atoms in total. The van der Waals surface area contributed by atoms with Crippen molar-refractivity contribution >= 4 is 39.3 Å². The molecule has 0 amide bonds. The van der Waals surface area contributed by atoms with E-state index in [1.807, 2.05) is 0 Å². The van der Waals surface area contributed by atoms with Crippen LogP contribution in [0.3, 0.4) is 0 Å². The van der Waals surface area contributed by atoms with E-state index in [2.05, 4.69) is 25.7 Å². The molecule has 10 heteroatoms. The quantitative estimate of drug-likeness (QED) is 0.453. The lowest BCUT2D eigenvalue weighted by atomic mass is 10.4. The van der Waals surface area contributed by atoms with E-state index in [-0.39, 0.29) is 16.7 Å². The lowest BCUT2D eigenvalue weighted by Gasteiger charge is -2.07. The summed E-state index contributed by atoms with van der Waals surface area (Å²) < 4.78 is 57.0. The SMILES string of the molecule is CCOC(=O)c1nc2c(Br)cc(F)cn2c1SC(F)(F)F. The molecule has 2 rings (SSSR count). The predicted molar refractivity (Wildman–Crippen MR) is 70.7 cm³/mol. The third-order valence-corrected chi connectivity index (χ3v) is 3.68. The van der Waals surface area contributed by atoms with Crippen molar-refractivity contribution in [3.8, 4) is 0 Å². The number of ether oxygens (including phenoxy) is 1. The Morgan fingerprint density at radius 1 is 1.52 bits per heavy atom. The molecule has 2 heterocycles. The zero-order chi connectivity index (χ0) is 15.8. The maximum atomic E-state index is 13.4. The Labute approximate surface area is 128 Å². The number of nitrogens with zero attached hydrogens (tertiary/aromatic N) is 2. The summed E-state index contributed by atoms with van der Waals surface area (Å²) in [6.45, 7) is 1.50. The summed E-state index contributed by atoms with van der Waals surface area (Å²) in [5, 5.41) is -0.545. The van der Waals surface area contributed by atoms with Crippen LogP contribution in [0.4, 0.5) is 17.6 Å². The Kier molecular flexibility index (Phi) is 4.47. The zero-order valence-corrected chi connectivity index (χ0v) is 12.8. The van der Waals surface area contributed by atoms with Gasteiger partial charge < -0.3 is 4.74 Å². The standard InChI is InChI=1S/C11H7BrF4N2O2S/c1-2-20-10(19)7-9(21-11(14,15)16)18-4-5(13)3-6(12)8(18)17-7/h3-4H,2H2,1H3. The van der Waals surface area contributed by atoms with Crippen LogP contribution in [0.2, 0.25) is 0 Å². The second-order valence-electron chi connectivity index (χ2n) is 3.73. The Balaban J connectivity index is 2.69. The summed E-state index contributed by atoms with van der Waals surface area (Å²) in [7, 11) is 0. The fourth-order valence-electron chi connectivity index (χ4n) is 1.59. The molecule has 0 atom stereocenters. The summed E-state index contributed by atoms with van der Waals surface area (Å²) in [5.41, 5.74) is -5.17. The van der Waals surface area contributed by atoms with Gasteiger partial charge in [0, 0.05) is 18.0 Å². The molecule has 0 aliphatic carbocycles. The van der Waals surface area contributed by atoms with Crippen LogP contribution >= 0.6 is 27.7 Å². The van der Waals surface area contributed by atoms with Crippen LogP contribution in [-0.4, -0.2) is 27.5 Å². The first-order chi connectivity index (χ1) is 9.73. The molecule has 2 aromatic rings. The molecule has 2 aromatic heterocycles. The fourth-order valence-corrected chi connectivity index (χ4v) is 2.77. The van der Waals surface area contributed by atoms with E-state index in [0.29, 0.717) is 0 Å². The first-order valence-corrected chi connectivity index (χ1v) is 7.14. The van der Waals surface area contributed by atoms with E-state index in [9.17, 15) is 22.4 Å². The van der Waals surface area contributed by atoms with E-state index < -0.39 is 39.8 Å². The van der Waals surface area contributed by atoms with Gasteiger partial charge in [-0.2, -0.15) is 13.2 Å². The van der Waals surface area contributed by atoms with Crippen LogP contribution in [-0.2, 0) is 4.74 Å². The van der Waals surface area contributed by atoms with Crippen molar-refractivity contribution in [3.63, 3.8) is 0 Å². The minimum atomic E-state index is -4.66. The number of pyridine rings is 1. The average Bonchev–Trinajstić information content (AvgIpc) is 2.67. The second kappa shape index (κ2) is 5.84. The molecule has 114 valence electrons. The van der Waals surface area contributed by atoms with Gasteiger partial charge in [-0.3, -0.25) is 4.40 Å². The smallest absolute Gasteiger partial charge is 0.447 e. The van der Waals surface area contributed by atoms with Gasteiger partial charge in [0.05, 0.1) is 11.1 Å². The van der Waals surface area contributed by atoms with Crippen molar-refractivity contribution in [1.82, 2.24) is 9.38 Å². The maximum absolute atomic E-state index is 13.4. The van der Waals surface area contributed by atoms with Crippen LogP contribution in [0.15, 0.2) is 21.8 Å². The Morgan fingerprint density at radius 3 is 2.76 bits per heavy atom. The van der Waals surface area contributed by atoms with E-state index >= 15 is 0 Å². The average molecular weight is 387 g/mol. The molecule has 0 unspecified atom stereocenters. The molecular formula is C11H7BrF4N2O2S. The van der Waals surface area contributed by atoms with Crippen molar-refractivity contribution in [3.05, 3.63) is 28.2 Å². The molecule has 21 heavy (non-hydrogen) atoms. The van der Waals surface area contributed by atoms with Gasteiger partial charge in [-0.05, 0) is 28.9 Å². The van der Waals surface area contributed by atoms with Gasteiger partial charge in [0.1, 0.15) is 10.8 Å². The van der Waals surface area contributed by atoms with Crippen LogP contribution in [0.25, 0.3) is 5.65 Å². The van der Waals surface area contributed by atoms with Gasteiger partial charge in [0.2, 0.25) is 0 Å². The molecule has 0 aliphatic heterocycles. The molecule has 0 fully saturated rings. The largest absolute Gasteiger partial charge is 0.461 e. The van der Waals surface area contributed by atoms with Crippen molar-refractivity contribution < 1.29 is 27.1 Å². The van der Waals surface area contributed by atoms with Crippen LogP contribution in [0.5, 0.6) is 0 Å². The Bertz CT molecular complexity index is 702. The number of thioether (sulfide) groups is 1. The minimum absolute atomic E-state index is 0.00815. The van der Waals surface area contributed by atoms with Crippen molar-refractivity contribution in [2.75, 3.05) is 6.61 Å². The first kappa shape index (κ1) is 16.1. The van der Waals surface area contributed by atoms with Crippen LogP contribution in [0.1, 0.15) is 17.4 Å². The molecule has 0 radical (unpaired) electrons. The number of alkyl halides is 3. The summed E-state index contributed by atoms with van der Waals surface area (Å²) >= 11 is 2.44. The normalized spacial score (nSPS) is 11.9. The highest BCUT2D eigenvalue weighted by Gasteiger charge is 2.35. The molecule has 0 N–H and O–H groups in total. The topological polar surface area (TPSA) is 43.6 Å². The van der Waals surface area contributed by atoms with Gasteiger partial charge in [0.15, 0.2) is 11.3 Å². The number of rotatable bonds is 3. The Morgan fingerprint density at radius 2 is 2.19 bits per heavy atom. The highest BCUT2D eigenvalue weighted by atomic mass is 79.9. The maximum Gasteiger partial charge on any atom is 0.447 e. The van der Waals surface area contributed by atoms with Gasteiger partial charge in [-0.1, -0.05) is 0 Å². The van der Waals surface area contributed by atoms with Gasteiger partial charge in [0.25, 0.3) is 0 Å². The number of carbonyl (C=O) groups is 1. The second-order valence-corrected chi connectivity index (χ2v) is 5.64. The third kappa shape index (κ3) is 3.49. The number of carbonyl (C=O) groups excluding carboxylic acids is 1. The van der Waals surface area contributed by atoms with E-state index in [0.717, 1.165) is 16.7 Å². The van der Waals surface area contributed by atoms with Gasteiger partial charge in [-0.15, -0.1) is 0 Å². The lowest BCUT2D eigenvalue weighted by molar-refractivity contribution is -0.0330. The lowest BCUT2D eigenvalue weighted by Crippen LogP contribution is -2.09. The third-order valence-electron chi connectivity index (χ3n) is 2.28. The zero-order valence-electron chi connectivity index (χ0n) is 10.4. The number of fused-ring (bicyclic) bond motifs is 1. The van der Waals surface area contributed by atoms with E-state index in [4.69, 9.17) is 0 Å². The van der Waals surface area contributed by atoms with Crippen molar-refractivity contribution in [2.24, 2.45) is 0 Å². The first-order valence-electron chi connectivity index (χ1n) is 5.53. The number of hydrogen-bond donors (Lipinski definition) is 0. The molecular weight excluding hydrogens is 380 g/mol.